The Labute approximate surface area is 228 Å². The molecule has 8 rings (SSSR count). The van der Waals surface area contributed by atoms with Gasteiger partial charge >= 0.3 is 0 Å². The van der Waals surface area contributed by atoms with Crippen molar-refractivity contribution >= 4 is 32.7 Å². The lowest BCUT2D eigenvalue weighted by Crippen LogP contribution is -2.15. The van der Waals surface area contributed by atoms with Gasteiger partial charge in [0, 0.05) is 21.6 Å². The number of fused-ring (bicyclic) bond motifs is 8. The van der Waals surface area contributed by atoms with E-state index in [-0.39, 0.29) is 5.41 Å². The SMILES string of the molecule is Cc1cccc2oc3c4ccccc4c(-c4cccc5c4-c4ccc(-c6ccccc6)cc4C5(C)C)cc3c12. The molecule has 0 spiro atoms. The number of aryl methyl sites for hydroxylation is 1. The fourth-order valence-corrected chi connectivity index (χ4v) is 6.87. The molecule has 0 fully saturated rings. The summed E-state index contributed by atoms with van der Waals surface area (Å²) in [7, 11) is 0. The van der Waals surface area contributed by atoms with Gasteiger partial charge < -0.3 is 4.42 Å². The first-order valence-electron chi connectivity index (χ1n) is 13.7. The average Bonchev–Trinajstić information content (AvgIpc) is 3.46. The van der Waals surface area contributed by atoms with Crippen LogP contribution in [0.2, 0.25) is 0 Å². The third kappa shape index (κ3) is 3.08. The van der Waals surface area contributed by atoms with E-state index in [4.69, 9.17) is 4.42 Å². The lowest BCUT2D eigenvalue weighted by molar-refractivity contribution is 0.660. The maximum Gasteiger partial charge on any atom is 0.143 e. The van der Waals surface area contributed by atoms with Crippen molar-refractivity contribution in [1.29, 1.82) is 0 Å². The summed E-state index contributed by atoms with van der Waals surface area (Å²) in [6.45, 7) is 6.91. The molecule has 0 bridgehead atoms. The van der Waals surface area contributed by atoms with E-state index < -0.39 is 0 Å². The molecule has 39 heavy (non-hydrogen) atoms. The minimum absolute atomic E-state index is 0.0930. The second kappa shape index (κ2) is 7.94. The van der Waals surface area contributed by atoms with Gasteiger partial charge in [0.15, 0.2) is 0 Å². The summed E-state index contributed by atoms with van der Waals surface area (Å²) < 4.78 is 6.47. The quantitative estimate of drug-likeness (QED) is 0.230. The summed E-state index contributed by atoms with van der Waals surface area (Å²) in [5.74, 6) is 0. The predicted molar refractivity (Wildman–Crippen MR) is 164 cm³/mol. The fourth-order valence-electron chi connectivity index (χ4n) is 6.87. The molecule has 186 valence electrons. The summed E-state index contributed by atoms with van der Waals surface area (Å²) >= 11 is 0. The number of hydrogen-bond acceptors (Lipinski definition) is 1. The highest BCUT2D eigenvalue weighted by molar-refractivity contribution is 6.20. The Hall–Kier alpha value is -4.62. The molecular formula is C38H28O. The monoisotopic (exact) mass is 500 g/mol. The van der Waals surface area contributed by atoms with E-state index in [1.807, 2.05) is 0 Å². The first-order chi connectivity index (χ1) is 19.0. The lowest BCUT2D eigenvalue weighted by atomic mass is 9.81. The smallest absolute Gasteiger partial charge is 0.143 e. The van der Waals surface area contributed by atoms with Crippen LogP contribution >= 0.6 is 0 Å². The highest BCUT2D eigenvalue weighted by atomic mass is 16.3. The highest BCUT2D eigenvalue weighted by Gasteiger charge is 2.37. The molecule has 0 saturated carbocycles. The molecule has 0 N–H and O–H groups in total. The molecule has 1 heteroatoms. The number of rotatable bonds is 2. The number of furan rings is 1. The zero-order chi connectivity index (χ0) is 26.3. The van der Waals surface area contributed by atoms with Crippen LogP contribution < -0.4 is 0 Å². The third-order valence-corrected chi connectivity index (χ3v) is 8.81. The summed E-state index contributed by atoms with van der Waals surface area (Å²) in [5, 5.41) is 4.78. The van der Waals surface area contributed by atoms with E-state index in [9.17, 15) is 0 Å². The second-order valence-electron chi connectivity index (χ2n) is 11.4. The molecule has 1 aliphatic carbocycles. The van der Waals surface area contributed by atoms with Crippen LogP contribution in [-0.4, -0.2) is 0 Å². The van der Waals surface area contributed by atoms with Crippen LogP contribution in [0.4, 0.5) is 0 Å². The molecule has 7 aromatic rings. The van der Waals surface area contributed by atoms with E-state index in [0.717, 1.165) is 16.6 Å². The summed E-state index contributed by atoms with van der Waals surface area (Å²) in [5.41, 5.74) is 13.6. The lowest BCUT2D eigenvalue weighted by Gasteiger charge is -2.22. The van der Waals surface area contributed by atoms with Crippen molar-refractivity contribution in [2.45, 2.75) is 26.2 Å². The zero-order valence-electron chi connectivity index (χ0n) is 22.4. The normalized spacial score (nSPS) is 13.7. The Bertz CT molecular complexity index is 2090. The van der Waals surface area contributed by atoms with Crippen molar-refractivity contribution in [2.75, 3.05) is 0 Å². The van der Waals surface area contributed by atoms with Gasteiger partial charge in [-0.25, -0.2) is 0 Å². The van der Waals surface area contributed by atoms with Crippen molar-refractivity contribution in [2.24, 2.45) is 0 Å². The molecule has 1 aromatic heterocycles. The van der Waals surface area contributed by atoms with Crippen LogP contribution in [0.25, 0.3) is 66.1 Å². The Morgan fingerprint density at radius 1 is 0.538 bits per heavy atom. The van der Waals surface area contributed by atoms with E-state index >= 15 is 0 Å². The summed E-state index contributed by atoms with van der Waals surface area (Å²) in [6.07, 6.45) is 0. The van der Waals surface area contributed by atoms with Gasteiger partial charge in [-0.3, -0.25) is 0 Å². The second-order valence-corrected chi connectivity index (χ2v) is 11.4. The minimum Gasteiger partial charge on any atom is -0.455 e. The molecule has 1 heterocycles. The van der Waals surface area contributed by atoms with Crippen molar-refractivity contribution in [3.05, 3.63) is 132 Å². The maximum absolute atomic E-state index is 6.47. The van der Waals surface area contributed by atoms with Crippen LogP contribution in [0.3, 0.4) is 0 Å². The minimum atomic E-state index is -0.0930. The Morgan fingerprint density at radius 3 is 2.15 bits per heavy atom. The van der Waals surface area contributed by atoms with Crippen LogP contribution in [0.1, 0.15) is 30.5 Å². The van der Waals surface area contributed by atoms with Crippen molar-refractivity contribution in [1.82, 2.24) is 0 Å². The molecule has 0 amide bonds. The molecule has 1 nitrogen and oxygen atoms in total. The number of benzene rings is 6. The molecule has 0 saturated heterocycles. The Balaban J connectivity index is 1.45. The largest absolute Gasteiger partial charge is 0.455 e. The molecule has 0 unspecified atom stereocenters. The highest BCUT2D eigenvalue weighted by Crippen LogP contribution is 2.54. The van der Waals surface area contributed by atoms with Crippen LogP contribution in [0, 0.1) is 6.92 Å². The van der Waals surface area contributed by atoms with E-state index in [1.165, 1.54) is 66.2 Å². The number of hydrogen-bond donors (Lipinski definition) is 0. The van der Waals surface area contributed by atoms with Gasteiger partial charge in [-0.2, -0.15) is 0 Å². The van der Waals surface area contributed by atoms with Crippen molar-refractivity contribution in [3.8, 4) is 33.4 Å². The standard InChI is InChI=1S/C38H28O/c1-23-11-9-18-34-35(23)31-22-30(26-14-7-8-15-28(26)37(31)39-34)27-16-10-17-32-36(27)29-20-19-25(21-33(29)38(32,2)3)24-12-5-4-6-13-24/h4-22H,1-3H3. The fraction of sp³-hybridized carbons (Fsp3) is 0.105. The van der Waals surface area contributed by atoms with Gasteiger partial charge in [0.2, 0.25) is 0 Å². The van der Waals surface area contributed by atoms with Gasteiger partial charge in [-0.1, -0.05) is 111 Å². The van der Waals surface area contributed by atoms with Crippen molar-refractivity contribution in [3.63, 3.8) is 0 Å². The first kappa shape index (κ1) is 22.4. The predicted octanol–water partition coefficient (Wildman–Crippen LogP) is 10.7. The molecular weight excluding hydrogens is 472 g/mol. The molecule has 0 radical (unpaired) electrons. The molecule has 0 atom stereocenters. The van der Waals surface area contributed by atoms with E-state index in [0.29, 0.717) is 0 Å². The van der Waals surface area contributed by atoms with Crippen LogP contribution in [0.15, 0.2) is 120 Å². The first-order valence-corrected chi connectivity index (χ1v) is 13.7. The van der Waals surface area contributed by atoms with E-state index in [1.54, 1.807) is 0 Å². The topological polar surface area (TPSA) is 13.1 Å². The summed E-state index contributed by atoms with van der Waals surface area (Å²) in [4.78, 5) is 0. The maximum atomic E-state index is 6.47. The Kier molecular flexibility index (Phi) is 4.56. The molecule has 6 aromatic carbocycles. The van der Waals surface area contributed by atoms with Gasteiger partial charge in [0.25, 0.3) is 0 Å². The summed E-state index contributed by atoms with van der Waals surface area (Å²) in [6, 6.07) is 42.0. The average molecular weight is 501 g/mol. The molecule has 1 aliphatic rings. The zero-order valence-corrected chi connectivity index (χ0v) is 22.4. The van der Waals surface area contributed by atoms with Gasteiger partial charge in [0.05, 0.1) is 0 Å². The van der Waals surface area contributed by atoms with Gasteiger partial charge in [-0.05, 0) is 80.6 Å². The van der Waals surface area contributed by atoms with Crippen LogP contribution in [-0.2, 0) is 5.41 Å². The van der Waals surface area contributed by atoms with Gasteiger partial charge in [-0.15, -0.1) is 0 Å². The molecule has 0 aliphatic heterocycles. The van der Waals surface area contributed by atoms with Crippen molar-refractivity contribution < 1.29 is 4.42 Å². The van der Waals surface area contributed by atoms with E-state index in [2.05, 4.69) is 136 Å². The van der Waals surface area contributed by atoms with Gasteiger partial charge in [0.1, 0.15) is 11.2 Å². The van der Waals surface area contributed by atoms with Crippen LogP contribution in [0.5, 0.6) is 0 Å². The third-order valence-electron chi connectivity index (χ3n) is 8.81. The Morgan fingerprint density at radius 2 is 1.31 bits per heavy atom.